The third kappa shape index (κ3) is 4.93. The molecule has 0 radical (unpaired) electrons. The maximum absolute atomic E-state index is 14.2. The van der Waals surface area contributed by atoms with Gasteiger partial charge in [0.25, 0.3) is 0 Å². The number of hydrogen-bond donors (Lipinski definition) is 2. The Kier molecular flexibility index (Phi) is 6.68. The van der Waals surface area contributed by atoms with Crippen molar-refractivity contribution in [3.63, 3.8) is 0 Å². The number of benzene rings is 1. The number of rotatable bonds is 4. The van der Waals surface area contributed by atoms with Crippen LogP contribution in [0.15, 0.2) is 12.1 Å². The molecule has 1 spiro atoms. The van der Waals surface area contributed by atoms with Crippen LogP contribution in [0, 0.1) is 12.7 Å². The van der Waals surface area contributed by atoms with Gasteiger partial charge < -0.3 is 20.4 Å². The molecule has 6 nitrogen and oxygen atoms in total. The van der Waals surface area contributed by atoms with E-state index in [4.69, 9.17) is 0 Å². The van der Waals surface area contributed by atoms with Gasteiger partial charge in [-0.15, -0.1) is 0 Å². The second-order valence-corrected chi connectivity index (χ2v) is 11.0. The minimum Gasteiger partial charge on any atom is -0.373 e. The van der Waals surface area contributed by atoms with Gasteiger partial charge in [-0.05, 0) is 63.5 Å². The zero-order valence-corrected chi connectivity index (χ0v) is 20.6. The molecule has 2 amide bonds. The first-order valence-corrected chi connectivity index (χ1v) is 13.0. The maximum atomic E-state index is 14.2. The van der Waals surface area contributed by atoms with Crippen molar-refractivity contribution in [1.29, 1.82) is 0 Å². The van der Waals surface area contributed by atoms with E-state index in [9.17, 15) is 27.2 Å². The highest BCUT2D eigenvalue weighted by Gasteiger charge is 2.51. The minimum atomic E-state index is -4.39. The van der Waals surface area contributed by atoms with Gasteiger partial charge in [-0.1, -0.05) is 6.07 Å². The molecule has 3 aliphatic heterocycles. The fraction of sp³-hybridized carbons (Fsp3) is 0.692. The minimum absolute atomic E-state index is 0.0124. The summed E-state index contributed by atoms with van der Waals surface area (Å²) in [7, 11) is 0. The topological polar surface area (TPSA) is 64.7 Å². The molecule has 198 valence electrons. The van der Waals surface area contributed by atoms with Crippen LogP contribution in [0.3, 0.4) is 0 Å². The number of fused-ring (bicyclic) bond motifs is 1. The van der Waals surface area contributed by atoms with Crippen LogP contribution in [0.2, 0.25) is 0 Å². The zero-order chi connectivity index (χ0) is 25.7. The highest BCUT2D eigenvalue weighted by atomic mass is 19.4. The smallest absolute Gasteiger partial charge is 0.373 e. The van der Waals surface area contributed by atoms with Gasteiger partial charge in [-0.25, -0.2) is 4.39 Å². The summed E-state index contributed by atoms with van der Waals surface area (Å²) in [6.45, 7) is 2.05. The van der Waals surface area contributed by atoms with Gasteiger partial charge in [0.15, 0.2) is 0 Å². The summed E-state index contributed by atoms with van der Waals surface area (Å²) in [6, 6.07) is 2.92. The van der Waals surface area contributed by atoms with Crippen LogP contribution < -0.4 is 10.6 Å². The molecule has 3 atom stereocenters. The first kappa shape index (κ1) is 25.3. The molecule has 3 fully saturated rings. The first-order valence-electron chi connectivity index (χ1n) is 13.0. The Balaban J connectivity index is 1.15. The number of aryl methyl sites for hydroxylation is 1. The molecule has 10 heteroatoms. The molecule has 2 N–H and O–H groups in total. The summed E-state index contributed by atoms with van der Waals surface area (Å²) in [5, 5.41) is 6.35. The lowest BCUT2D eigenvalue weighted by Crippen LogP contribution is -2.57. The lowest BCUT2D eigenvalue weighted by Gasteiger charge is -2.48. The summed E-state index contributed by atoms with van der Waals surface area (Å²) >= 11 is 0. The highest BCUT2D eigenvalue weighted by molar-refractivity contribution is 5.88. The van der Waals surface area contributed by atoms with Gasteiger partial charge >= 0.3 is 6.18 Å². The van der Waals surface area contributed by atoms with Crippen molar-refractivity contribution >= 4 is 17.5 Å². The van der Waals surface area contributed by atoms with Crippen molar-refractivity contribution in [2.45, 2.75) is 94.6 Å². The number of alkyl halides is 3. The predicted molar refractivity (Wildman–Crippen MR) is 127 cm³/mol. The van der Waals surface area contributed by atoms with Crippen molar-refractivity contribution in [3.05, 3.63) is 29.1 Å². The average Bonchev–Trinajstić information content (AvgIpc) is 3.41. The van der Waals surface area contributed by atoms with Crippen LogP contribution in [0.4, 0.5) is 23.2 Å². The van der Waals surface area contributed by atoms with Gasteiger partial charge in [0.05, 0.1) is 0 Å². The molecule has 36 heavy (non-hydrogen) atoms. The molecular formula is C26H34F4N4O2. The first-order chi connectivity index (χ1) is 17.0. The van der Waals surface area contributed by atoms with Gasteiger partial charge in [0.2, 0.25) is 11.8 Å². The molecule has 0 bridgehead atoms. The number of amides is 2. The van der Waals surface area contributed by atoms with Crippen LogP contribution in [0.25, 0.3) is 0 Å². The summed E-state index contributed by atoms with van der Waals surface area (Å²) in [5.41, 5.74) is 1.51. The monoisotopic (exact) mass is 510 g/mol. The molecule has 0 aromatic heterocycles. The Morgan fingerprint density at radius 1 is 1.19 bits per heavy atom. The van der Waals surface area contributed by atoms with Gasteiger partial charge in [-0.2, -0.15) is 13.2 Å². The molecule has 1 saturated carbocycles. The van der Waals surface area contributed by atoms with E-state index in [1.54, 1.807) is 6.07 Å². The number of nitrogens with one attached hydrogen (secondary N) is 2. The number of hydrogen-bond acceptors (Lipinski definition) is 4. The Morgan fingerprint density at radius 2 is 1.94 bits per heavy atom. The summed E-state index contributed by atoms with van der Waals surface area (Å²) < 4.78 is 53.5. The molecular weight excluding hydrogens is 476 g/mol. The van der Waals surface area contributed by atoms with Crippen LogP contribution in [0.1, 0.15) is 62.5 Å². The van der Waals surface area contributed by atoms with E-state index >= 15 is 0 Å². The van der Waals surface area contributed by atoms with Gasteiger partial charge in [0.1, 0.15) is 18.4 Å². The second kappa shape index (κ2) is 9.50. The van der Waals surface area contributed by atoms with E-state index < -0.39 is 24.3 Å². The fourth-order valence-electron chi connectivity index (χ4n) is 6.79. The second-order valence-electron chi connectivity index (χ2n) is 11.0. The van der Waals surface area contributed by atoms with Crippen molar-refractivity contribution < 1.29 is 27.2 Å². The van der Waals surface area contributed by atoms with Crippen LogP contribution in [-0.4, -0.2) is 71.1 Å². The van der Waals surface area contributed by atoms with Crippen molar-refractivity contribution in [2.24, 2.45) is 0 Å². The van der Waals surface area contributed by atoms with Crippen molar-refractivity contribution in [2.75, 3.05) is 25.0 Å². The number of halogens is 4. The van der Waals surface area contributed by atoms with Crippen LogP contribution >= 0.6 is 0 Å². The van der Waals surface area contributed by atoms with Gasteiger partial charge in [-0.3, -0.25) is 9.59 Å². The largest absolute Gasteiger partial charge is 0.406 e. The van der Waals surface area contributed by atoms with Crippen LogP contribution in [0.5, 0.6) is 0 Å². The van der Waals surface area contributed by atoms with Gasteiger partial charge in [0, 0.05) is 54.8 Å². The summed E-state index contributed by atoms with van der Waals surface area (Å²) in [4.78, 5) is 28.6. The average molecular weight is 511 g/mol. The number of likely N-dealkylation sites (tertiary alicyclic amines) is 2. The van der Waals surface area contributed by atoms with Crippen molar-refractivity contribution in [3.8, 4) is 0 Å². The molecule has 5 rings (SSSR count). The molecule has 1 aromatic carbocycles. The van der Waals surface area contributed by atoms with E-state index in [2.05, 4.69) is 15.5 Å². The van der Waals surface area contributed by atoms with Crippen LogP contribution in [-0.2, 0) is 16.0 Å². The number of carbonyl (C=O) groups excluding carboxylic acids is 2. The van der Waals surface area contributed by atoms with E-state index in [0.29, 0.717) is 50.0 Å². The maximum Gasteiger partial charge on any atom is 0.406 e. The van der Waals surface area contributed by atoms with Crippen molar-refractivity contribution in [1.82, 2.24) is 15.1 Å². The standard InChI is InChI=1S/C26H34F4N4O2/c1-16-5-6-20(27)19-14-21(32-23(16)19)24(36)31-17-3-2-4-18(13-17)33-11-9-25(10-12-33)8-7-22(35)34(25)15-26(28,29)30/h5-6,17-18,21,32H,2-4,7-15H2,1H3,(H,31,36)/t17-,18+,21?/m1/s1. The highest BCUT2D eigenvalue weighted by Crippen LogP contribution is 2.42. The Hall–Kier alpha value is -2.36. The number of piperidine rings is 1. The molecule has 3 heterocycles. The Morgan fingerprint density at radius 3 is 2.64 bits per heavy atom. The van der Waals surface area contributed by atoms with E-state index in [1.165, 1.54) is 6.07 Å². The SMILES string of the molecule is Cc1ccc(F)c2c1NC(C(=O)N[C@@H]1CCC[C@H](N3CCC4(CCC(=O)N4CC(F)(F)F)CC3)C1)C2. The molecule has 2 saturated heterocycles. The van der Waals surface area contributed by atoms with E-state index in [1.807, 2.05) is 6.92 Å². The molecule has 4 aliphatic rings. The number of anilines is 1. The lowest BCUT2D eigenvalue weighted by atomic mass is 9.82. The summed E-state index contributed by atoms with van der Waals surface area (Å²) in [6.07, 6.45) is 1.34. The van der Waals surface area contributed by atoms with E-state index in [-0.39, 0.29) is 36.1 Å². The normalized spacial score (nSPS) is 28.3. The van der Waals surface area contributed by atoms with E-state index in [0.717, 1.165) is 36.1 Å². The Labute approximate surface area is 208 Å². The lowest BCUT2D eigenvalue weighted by molar-refractivity contribution is -0.170. The Bertz CT molecular complexity index is 991. The zero-order valence-electron chi connectivity index (χ0n) is 20.6. The third-order valence-electron chi connectivity index (χ3n) is 8.76. The predicted octanol–water partition coefficient (Wildman–Crippen LogP) is 3.92. The summed E-state index contributed by atoms with van der Waals surface area (Å²) in [5.74, 6) is -0.809. The molecule has 1 aliphatic carbocycles. The number of carbonyl (C=O) groups is 2. The molecule has 1 unspecified atom stereocenters. The number of nitrogens with zero attached hydrogens (tertiary/aromatic N) is 2. The fourth-order valence-corrected chi connectivity index (χ4v) is 6.79. The molecule has 1 aromatic rings. The third-order valence-corrected chi connectivity index (χ3v) is 8.76. The quantitative estimate of drug-likeness (QED) is 0.603.